The lowest BCUT2D eigenvalue weighted by molar-refractivity contribution is 0.0708. The lowest BCUT2D eigenvalue weighted by Crippen LogP contribution is -2.46. The second kappa shape index (κ2) is 12.2. The largest absolute Gasteiger partial charge is 0.500 e. The molecular weight excluding hydrogens is 376 g/mol. The zero-order chi connectivity index (χ0) is 19.4. The maximum Gasteiger partial charge on any atom is 0.500 e. The number of hydrogen-bond donors (Lipinski definition) is 3. The van der Waals surface area contributed by atoms with Crippen molar-refractivity contribution < 1.29 is 26.8 Å². The molecule has 0 spiro atoms. The van der Waals surface area contributed by atoms with Gasteiger partial charge in [0, 0.05) is 38.1 Å². The molecule has 1 atom stereocenters. The minimum atomic E-state index is -2.68. The number of nitrogens with one attached hydrogen (secondary N) is 2. The Labute approximate surface area is 158 Å². The number of amides is 2. The second-order valence-corrected chi connectivity index (χ2v) is 8.94. The quantitative estimate of drug-likeness (QED) is 0.281. The summed E-state index contributed by atoms with van der Waals surface area (Å²) in [6.07, 6.45) is 0.669. The van der Waals surface area contributed by atoms with Crippen molar-refractivity contribution in [3.63, 3.8) is 0 Å². The van der Waals surface area contributed by atoms with E-state index < -0.39 is 19.9 Å². The maximum absolute atomic E-state index is 11.9. The number of urea groups is 1. The standard InChI is InChI=1S/C16H28N2O6SSi/c1-4-22-26(23-5-2,24-6-3)13-7-12-17-16(19)18-14-8-10-15(11-9-14)25(20)21/h8-11H,4-7,12-13H2,1-3H3,(H,20,21)(H2,17,18,19). The molecule has 0 aliphatic heterocycles. The molecule has 1 rings (SSSR count). The van der Waals surface area contributed by atoms with Gasteiger partial charge in [0.2, 0.25) is 0 Å². The van der Waals surface area contributed by atoms with Crippen molar-refractivity contribution in [2.75, 3.05) is 31.7 Å². The summed E-state index contributed by atoms with van der Waals surface area (Å²) < 4.78 is 37.2. The Balaban J connectivity index is 2.42. The first-order valence-corrected chi connectivity index (χ1v) is 11.7. The van der Waals surface area contributed by atoms with E-state index in [1.807, 2.05) is 20.8 Å². The Morgan fingerprint density at radius 1 is 1.08 bits per heavy atom. The number of rotatable bonds is 12. The van der Waals surface area contributed by atoms with Gasteiger partial charge in [-0.3, -0.25) is 0 Å². The van der Waals surface area contributed by atoms with Gasteiger partial charge in [0.1, 0.15) is 0 Å². The molecule has 0 heterocycles. The van der Waals surface area contributed by atoms with Crippen LogP contribution in [0.3, 0.4) is 0 Å². The smallest absolute Gasteiger partial charge is 0.374 e. The first kappa shape index (κ1) is 22.7. The van der Waals surface area contributed by atoms with Gasteiger partial charge in [-0.2, -0.15) is 0 Å². The molecule has 1 unspecified atom stereocenters. The van der Waals surface area contributed by atoms with Crippen molar-refractivity contribution in [2.24, 2.45) is 0 Å². The Morgan fingerprint density at radius 2 is 1.62 bits per heavy atom. The third kappa shape index (κ3) is 7.93. The van der Waals surface area contributed by atoms with E-state index in [0.717, 1.165) is 0 Å². The summed E-state index contributed by atoms with van der Waals surface area (Å²) in [5.74, 6) is 0. The van der Waals surface area contributed by atoms with Crippen LogP contribution in [0.1, 0.15) is 27.2 Å². The van der Waals surface area contributed by atoms with Crippen molar-refractivity contribution >= 4 is 31.6 Å². The van der Waals surface area contributed by atoms with E-state index in [-0.39, 0.29) is 10.9 Å². The molecule has 0 radical (unpaired) electrons. The van der Waals surface area contributed by atoms with Crippen LogP contribution in [-0.4, -0.2) is 50.0 Å². The molecule has 148 valence electrons. The van der Waals surface area contributed by atoms with E-state index in [1.54, 1.807) is 12.1 Å². The van der Waals surface area contributed by atoms with E-state index in [9.17, 15) is 9.00 Å². The number of anilines is 1. The van der Waals surface area contributed by atoms with Gasteiger partial charge in [-0.1, -0.05) is 0 Å². The summed E-state index contributed by atoms with van der Waals surface area (Å²) in [6, 6.07) is 6.38. The van der Waals surface area contributed by atoms with Gasteiger partial charge in [0.15, 0.2) is 11.1 Å². The molecule has 0 bridgehead atoms. The highest BCUT2D eigenvalue weighted by Gasteiger charge is 2.39. The van der Waals surface area contributed by atoms with E-state index in [1.165, 1.54) is 12.1 Å². The fourth-order valence-corrected chi connectivity index (χ4v) is 5.32. The van der Waals surface area contributed by atoms with Gasteiger partial charge in [-0.05, 0) is 51.5 Å². The first-order chi connectivity index (χ1) is 12.5. The van der Waals surface area contributed by atoms with E-state index >= 15 is 0 Å². The summed E-state index contributed by atoms with van der Waals surface area (Å²) in [5.41, 5.74) is 0.540. The summed E-state index contributed by atoms with van der Waals surface area (Å²) in [6.45, 7) is 7.74. The molecule has 0 aliphatic carbocycles. The van der Waals surface area contributed by atoms with Crippen molar-refractivity contribution in [2.45, 2.75) is 38.1 Å². The Bertz CT molecular complexity index is 555. The normalized spacial score (nSPS) is 12.6. The topological polar surface area (TPSA) is 106 Å². The average molecular weight is 405 g/mol. The van der Waals surface area contributed by atoms with Gasteiger partial charge in [-0.15, -0.1) is 0 Å². The third-order valence-corrected chi connectivity index (χ3v) is 7.18. The summed E-state index contributed by atoms with van der Waals surface area (Å²) >= 11 is -2.03. The molecule has 0 saturated heterocycles. The zero-order valence-corrected chi connectivity index (χ0v) is 17.3. The molecule has 1 aromatic rings. The van der Waals surface area contributed by atoms with Crippen LogP contribution in [-0.2, 0) is 24.4 Å². The Kier molecular flexibility index (Phi) is 10.6. The molecule has 10 heteroatoms. The number of hydrogen-bond acceptors (Lipinski definition) is 5. The molecule has 0 fully saturated rings. The summed E-state index contributed by atoms with van der Waals surface area (Å²) in [4.78, 5) is 12.2. The van der Waals surface area contributed by atoms with Crippen LogP contribution in [0.5, 0.6) is 0 Å². The maximum atomic E-state index is 11.9. The third-order valence-electron chi connectivity index (χ3n) is 3.35. The highest BCUT2D eigenvalue weighted by Crippen LogP contribution is 2.18. The molecule has 0 aliphatic rings. The van der Waals surface area contributed by atoms with Crippen LogP contribution < -0.4 is 10.6 Å². The van der Waals surface area contributed by atoms with Crippen molar-refractivity contribution in [1.82, 2.24) is 5.32 Å². The lowest BCUT2D eigenvalue weighted by Gasteiger charge is -2.28. The van der Waals surface area contributed by atoms with E-state index in [0.29, 0.717) is 44.5 Å². The molecule has 1 aromatic carbocycles. The molecule has 8 nitrogen and oxygen atoms in total. The monoisotopic (exact) mass is 404 g/mol. The predicted molar refractivity (Wildman–Crippen MR) is 103 cm³/mol. The fourth-order valence-electron chi connectivity index (χ4n) is 2.34. The fraction of sp³-hybridized carbons (Fsp3) is 0.562. The minimum absolute atomic E-state index is 0.278. The second-order valence-electron chi connectivity index (χ2n) is 5.24. The predicted octanol–water partition coefficient (Wildman–Crippen LogP) is 2.83. The van der Waals surface area contributed by atoms with Gasteiger partial charge in [-0.25, -0.2) is 9.00 Å². The van der Waals surface area contributed by atoms with Crippen molar-refractivity contribution in [3.05, 3.63) is 24.3 Å². The van der Waals surface area contributed by atoms with Crippen molar-refractivity contribution in [3.8, 4) is 0 Å². The summed E-state index contributed by atoms with van der Waals surface area (Å²) in [5, 5.41) is 5.43. The molecule has 0 aromatic heterocycles. The lowest BCUT2D eigenvalue weighted by atomic mass is 10.3. The SMILES string of the molecule is CCO[Si](CCCNC(=O)Nc1ccc(S(=O)O)cc1)(OCC)OCC. The van der Waals surface area contributed by atoms with Gasteiger partial charge in [0.25, 0.3) is 0 Å². The van der Waals surface area contributed by atoms with E-state index in [2.05, 4.69) is 10.6 Å². The van der Waals surface area contributed by atoms with Gasteiger partial charge >= 0.3 is 14.8 Å². The summed E-state index contributed by atoms with van der Waals surface area (Å²) in [7, 11) is -2.68. The number of carbonyl (C=O) groups excluding carboxylic acids is 1. The minimum Gasteiger partial charge on any atom is -0.374 e. The first-order valence-electron chi connectivity index (χ1n) is 8.64. The molecule has 2 amide bonds. The molecule has 0 saturated carbocycles. The van der Waals surface area contributed by atoms with Crippen LogP contribution in [0, 0.1) is 0 Å². The molecular formula is C16H28N2O6SSi. The van der Waals surface area contributed by atoms with Crippen LogP contribution in [0.15, 0.2) is 29.2 Å². The van der Waals surface area contributed by atoms with Gasteiger partial charge < -0.3 is 28.5 Å². The Hall–Kier alpha value is -1.30. The highest BCUT2D eigenvalue weighted by molar-refractivity contribution is 7.79. The van der Waals surface area contributed by atoms with E-state index in [4.69, 9.17) is 17.8 Å². The average Bonchev–Trinajstić information content (AvgIpc) is 2.60. The van der Waals surface area contributed by atoms with Crippen LogP contribution in [0.2, 0.25) is 6.04 Å². The molecule has 26 heavy (non-hydrogen) atoms. The molecule has 3 N–H and O–H groups in total. The number of benzene rings is 1. The van der Waals surface area contributed by atoms with Gasteiger partial charge in [0.05, 0.1) is 4.90 Å². The zero-order valence-electron chi connectivity index (χ0n) is 15.4. The Morgan fingerprint density at radius 3 is 2.08 bits per heavy atom. The van der Waals surface area contributed by atoms with Crippen molar-refractivity contribution in [1.29, 1.82) is 0 Å². The van der Waals surface area contributed by atoms with Crippen LogP contribution >= 0.6 is 0 Å². The van der Waals surface area contributed by atoms with Crippen LogP contribution in [0.25, 0.3) is 0 Å². The number of carbonyl (C=O) groups is 1. The van der Waals surface area contributed by atoms with Crippen LogP contribution in [0.4, 0.5) is 10.5 Å². The highest BCUT2D eigenvalue weighted by atomic mass is 32.2.